The number of esters is 1. The Labute approximate surface area is 177 Å². The van der Waals surface area contributed by atoms with E-state index in [-0.39, 0.29) is 5.75 Å². The smallest absolute Gasteiger partial charge is 0.321 e. The molecule has 0 unspecified atom stereocenters. The van der Waals surface area contributed by atoms with E-state index in [2.05, 4.69) is 10.2 Å². The number of carbonyl (C=O) groups is 1. The van der Waals surface area contributed by atoms with E-state index in [9.17, 15) is 4.79 Å². The Morgan fingerprint density at radius 3 is 2.50 bits per heavy atom. The van der Waals surface area contributed by atoms with Gasteiger partial charge < -0.3 is 13.9 Å². The maximum absolute atomic E-state index is 12.4. The van der Waals surface area contributed by atoms with Crippen molar-refractivity contribution in [3.05, 3.63) is 78.6 Å². The first-order valence-corrected chi connectivity index (χ1v) is 10.2. The van der Waals surface area contributed by atoms with Crippen LogP contribution in [0.3, 0.4) is 0 Å². The second-order valence-electron chi connectivity index (χ2n) is 6.27. The van der Waals surface area contributed by atoms with Gasteiger partial charge in [0.2, 0.25) is 5.82 Å². The maximum atomic E-state index is 12.4. The Morgan fingerprint density at radius 2 is 1.77 bits per heavy atom. The van der Waals surface area contributed by atoms with Gasteiger partial charge in [0.25, 0.3) is 0 Å². The van der Waals surface area contributed by atoms with Gasteiger partial charge in [0.05, 0.1) is 25.7 Å². The number of para-hydroxylation sites is 2. The second-order valence-corrected chi connectivity index (χ2v) is 7.21. The van der Waals surface area contributed by atoms with Crippen molar-refractivity contribution in [3.8, 4) is 23.1 Å². The first-order valence-electron chi connectivity index (χ1n) is 9.22. The third-order valence-electron chi connectivity index (χ3n) is 4.25. The molecule has 152 valence electrons. The maximum Gasteiger partial charge on any atom is 0.321 e. The molecule has 0 atom stereocenters. The van der Waals surface area contributed by atoms with Crippen LogP contribution in [0.15, 0.2) is 82.6 Å². The van der Waals surface area contributed by atoms with Crippen molar-refractivity contribution in [2.75, 3.05) is 12.9 Å². The summed E-state index contributed by atoms with van der Waals surface area (Å²) < 4.78 is 18.1. The molecule has 8 heteroatoms. The first kappa shape index (κ1) is 19.8. The third-order valence-corrected chi connectivity index (χ3v) is 5.19. The van der Waals surface area contributed by atoms with Crippen LogP contribution in [0, 0.1) is 0 Å². The fraction of sp³-hybridized carbons (Fsp3) is 0.136. The van der Waals surface area contributed by atoms with Gasteiger partial charge in [-0.25, -0.2) is 0 Å². The predicted molar refractivity (Wildman–Crippen MR) is 113 cm³/mol. The molecule has 0 spiro atoms. The molecule has 2 aromatic carbocycles. The molecule has 2 heterocycles. The molecule has 0 radical (unpaired) electrons. The molecule has 4 aromatic rings. The van der Waals surface area contributed by atoms with Crippen LogP contribution >= 0.6 is 11.8 Å². The van der Waals surface area contributed by atoms with E-state index in [4.69, 9.17) is 13.9 Å². The monoisotopic (exact) mass is 421 g/mol. The Hall–Kier alpha value is -3.52. The molecule has 0 amide bonds. The van der Waals surface area contributed by atoms with Crippen LogP contribution in [0.2, 0.25) is 0 Å². The summed E-state index contributed by atoms with van der Waals surface area (Å²) in [7, 11) is 1.53. The highest BCUT2D eigenvalue weighted by molar-refractivity contribution is 7.99. The fourth-order valence-electron chi connectivity index (χ4n) is 2.87. The highest BCUT2D eigenvalue weighted by Gasteiger charge is 2.18. The van der Waals surface area contributed by atoms with Gasteiger partial charge in [-0.2, -0.15) is 0 Å². The van der Waals surface area contributed by atoms with E-state index in [1.165, 1.54) is 18.9 Å². The number of hydrogen-bond acceptors (Lipinski definition) is 7. The fourth-order valence-corrected chi connectivity index (χ4v) is 3.58. The number of thioether (sulfide) groups is 1. The molecule has 0 aliphatic rings. The zero-order valence-electron chi connectivity index (χ0n) is 16.2. The molecule has 0 saturated heterocycles. The predicted octanol–water partition coefficient (Wildman–Crippen LogP) is 4.29. The molecule has 30 heavy (non-hydrogen) atoms. The number of ether oxygens (including phenoxy) is 2. The Kier molecular flexibility index (Phi) is 6.14. The van der Waals surface area contributed by atoms with Gasteiger partial charge >= 0.3 is 5.97 Å². The zero-order chi connectivity index (χ0) is 20.8. The zero-order valence-corrected chi connectivity index (χ0v) is 17.0. The van der Waals surface area contributed by atoms with E-state index in [1.54, 1.807) is 30.5 Å². The lowest BCUT2D eigenvalue weighted by atomic mass is 10.2. The van der Waals surface area contributed by atoms with Crippen LogP contribution in [0.5, 0.6) is 11.5 Å². The summed E-state index contributed by atoms with van der Waals surface area (Å²) in [5.74, 6) is 1.77. The van der Waals surface area contributed by atoms with Crippen LogP contribution in [0.4, 0.5) is 0 Å². The number of methoxy groups -OCH3 is 1. The van der Waals surface area contributed by atoms with E-state index in [0.717, 1.165) is 5.56 Å². The normalized spacial score (nSPS) is 10.7. The van der Waals surface area contributed by atoms with Gasteiger partial charge in [0, 0.05) is 0 Å². The van der Waals surface area contributed by atoms with Crippen LogP contribution in [-0.4, -0.2) is 33.6 Å². The summed E-state index contributed by atoms with van der Waals surface area (Å²) >= 11 is 1.26. The number of benzene rings is 2. The molecule has 0 N–H and O–H groups in total. The van der Waals surface area contributed by atoms with Gasteiger partial charge in [0.15, 0.2) is 22.4 Å². The van der Waals surface area contributed by atoms with Crippen LogP contribution < -0.4 is 9.47 Å². The molecule has 0 aliphatic heterocycles. The SMILES string of the molecule is COc1ccccc1OC(=O)CSc1nnc(-c2ccco2)n1Cc1ccccc1. The summed E-state index contributed by atoms with van der Waals surface area (Å²) in [6, 6.07) is 20.6. The van der Waals surface area contributed by atoms with Crippen LogP contribution in [-0.2, 0) is 11.3 Å². The van der Waals surface area contributed by atoms with E-state index in [1.807, 2.05) is 47.0 Å². The summed E-state index contributed by atoms with van der Waals surface area (Å²) in [5, 5.41) is 9.13. The molecule has 0 bridgehead atoms. The number of rotatable bonds is 8. The van der Waals surface area contributed by atoms with Crippen molar-refractivity contribution in [1.82, 2.24) is 14.8 Å². The van der Waals surface area contributed by atoms with Gasteiger partial charge in [-0.15, -0.1) is 10.2 Å². The van der Waals surface area contributed by atoms with Gasteiger partial charge in [-0.3, -0.25) is 9.36 Å². The minimum atomic E-state index is -0.404. The van der Waals surface area contributed by atoms with Crippen molar-refractivity contribution in [2.24, 2.45) is 0 Å². The average molecular weight is 421 g/mol. The number of furan rings is 1. The van der Waals surface area contributed by atoms with E-state index in [0.29, 0.717) is 34.8 Å². The molecule has 4 rings (SSSR count). The summed E-state index contributed by atoms with van der Waals surface area (Å²) in [4.78, 5) is 12.4. The molecule has 0 saturated carbocycles. The molecule has 7 nitrogen and oxygen atoms in total. The van der Waals surface area contributed by atoms with Crippen LogP contribution in [0.1, 0.15) is 5.56 Å². The summed E-state index contributed by atoms with van der Waals surface area (Å²) in [5.41, 5.74) is 1.09. The van der Waals surface area contributed by atoms with Crippen molar-refractivity contribution in [2.45, 2.75) is 11.7 Å². The lowest BCUT2D eigenvalue weighted by molar-refractivity contribution is -0.131. The molecular weight excluding hydrogens is 402 g/mol. The minimum Gasteiger partial charge on any atom is -0.493 e. The minimum absolute atomic E-state index is 0.0725. The van der Waals surface area contributed by atoms with E-state index < -0.39 is 5.97 Å². The van der Waals surface area contributed by atoms with Crippen molar-refractivity contribution in [1.29, 1.82) is 0 Å². The highest BCUT2D eigenvalue weighted by Crippen LogP contribution is 2.28. The largest absolute Gasteiger partial charge is 0.493 e. The van der Waals surface area contributed by atoms with Crippen LogP contribution in [0.25, 0.3) is 11.6 Å². The first-order chi connectivity index (χ1) is 14.7. The van der Waals surface area contributed by atoms with E-state index >= 15 is 0 Å². The topological polar surface area (TPSA) is 79.4 Å². The molecule has 0 fully saturated rings. The summed E-state index contributed by atoms with van der Waals surface area (Å²) in [6.07, 6.45) is 1.59. The lowest BCUT2D eigenvalue weighted by Crippen LogP contribution is -2.12. The Bertz CT molecular complexity index is 1110. The van der Waals surface area contributed by atoms with Gasteiger partial charge in [0.1, 0.15) is 0 Å². The molecule has 2 aromatic heterocycles. The number of aromatic nitrogens is 3. The van der Waals surface area contributed by atoms with Gasteiger partial charge in [-0.05, 0) is 29.8 Å². The van der Waals surface area contributed by atoms with Crippen molar-refractivity contribution in [3.63, 3.8) is 0 Å². The molecule has 0 aliphatic carbocycles. The Balaban J connectivity index is 1.51. The molecular formula is C22H19N3O4S. The van der Waals surface area contributed by atoms with Crippen molar-refractivity contribution < 1.29 is 18.7 Å². The highest BCUT2D eigenvalue weighted by atomic mass is 32.2. The standard InChI is InChI=1S/C22H19N3O4S/c1-27-17-10-5-6-11-18(17)29-20(26)15-30-22-24-23-21(19-12-7-13-28-19)25(22)14-16-8-3-2-4-9-16/h2-13H,14-15H2,1H3. The van der Waals surface area contributed by atoms with Gasteiger partial charge in [-0.1, -0.05) is 54.2 Å². The lowest BCUT2D eigenvalue weighted by Gasteiger charge is -2.10. The third kappa shape index (κ3) is 4.55. The van der Waals surface area contributed by atoms with Crippen molar-refractivity contribution >= 4 is 17.7 Å². The number of hydrogen-bond donors (Lipinski definition) is 0. The number of carbonyl (C=O) groups excluding carboxylic acids is 1. The quantitative estimate of drug-likeness (QED) is 0.238. The summed E-state index contributed by atoms with van der Waals surface area (Å²) in [6.45, 7) is 0.549. The average Bonchev–Trinajstić information content (AvgIpc) is 3.43. The second kappa shape index (κ2) is 9.32. The Morgan fingerprint density at radius 1 is 1.00 bits per heavy atom. The number of nitrogens with zero attached hydrogens (tertiary/aromatic N) is 3.